The molecule has 7 heteroatoms. The van der Waals surface area contributed by atoms with E-state index in [0.717, 1.165) is 10.9 Å². The van der Waals surface area contributed by atoms with Gasteiger partial charge in [-0.2, -0.15) is 0 Å². The maximum absolute atomic E-state index is 12.0. The van der Waals surface area contributed by atoms with Gasteiger partial charge in [0, 0.05) is 35.8 Å². The second kappa shape index (κ2) is 7.14. The number of carbonyl (C=O) groups is 2. The molecule has 1 aromatic heterocycles. The van der Waals surface area contributed by atoms with Crippen molar-refractivity contribution in [3.63, 3.8) is 0 Å². The highest BCUT2D eigenvalue weighted by molar-refractivity contribution is 5.90. The van der Waals surface area contributed by atoms with Gasteiger partial charge in [-0.25, -0.2) is 0 Å². The third kappa shape index (κ3) is 3.32. The molecular weight excluding hydrogens is 324 g/mol. The van der Waals surface area contributed by atoms with E-state index in [0.29, 0.717) is 37.2 Å². The van der Waals surface area contributed by atoms with Gasteiger partial charge in [0.2, 0.25) is 0 Å². The topological polar surface area (TPSA) is 91.9 Å². The predicted molar refractivity (Wildman–Crippen MR) is 91.5 cm³/mol. The molecule has 0 bridgehead atoms. The van der Waals surface area contributed by atoms with Crippen molar-refractivity contribution in [1.82, 2.24) is 9.88 Å². The summed E-state index contributed by atoms with van der Waals surface area (Å²) < 4.78 is 10.1. The van der Waals surface area contributed by atoms with Crippen LogP contribution in [0.5, 0.6) is 5.75 Å². The maximum atomic E-state index is 12.0. The molecule has 1 aliphatic heterocycles. The monoisotopic (exact) mass is 346 g/mol. The van der Waals surface area contributed by atoms with E-state index >= 15 is 0 Å². The minimum absolute atomic E-state index is 0.154. The predicted octanol–water partition coefficient (Wildman–Crippen LogP) is 2.19. The number of aliphatic carboxylic acids is 1. The van der Waals surface area contributed by atoms with Crippen LogP contribution in [0.3, 0.4) is 0 Å². The number of H-pyrrole nitrogens is 1. The fraction of sp³-hybridized carbons (Fsp3) is 0.444. The highest BCUT2D eigenvalue weighted by atomic mass is 16.5. The lowest BCUT2D eigenvalue weighted by Gasteiger charge is -2.34. The van der Waals surface area contributed by atoms with E-state index in [-0.39, 0.29) is 11.9 Å². The van der Waals surface area contributed by atoms with E-state index in [4.69, 9.17) is 9.47 Å². The third-order valence-corrected chi connectivity index (χ3v) is 4.88. The Hall–Kier alpha value is -2.54. The highest BCUT2D eigenvalue weighted by Gasteiger charge is 2.34. The number of fused-ring (bicyclic) bond motifs is 1. The second-order valence-corrected chi connectivity index (χ2v) is 6.23. The molecule has 0 spiro atoms. The molecule has 134 valence electrons. The number of rotatable bonds is 5. The van der Waals surface area contributed by atoms with Crippen LogP contribution >= 0.6 is 0 Å². The number of carboxylic acid groups (broad SMARTS) is 1. The maximum Gasteiger partial charge on any atom is 0.325 e. The zero-order chi connectivity index (χ0) is 18.0. The van der Waals surface area contributed by atoms with Crippen molar-refractivity contribution >= 4 is 22.8 Å². The minimum Gasteiger partial charge on any atom is -0.497 e. The van der Waals surface area contributed by atoms with Gasteiger partial charge in [0.05, 0.1) is 20.1 Å². The van der Waals surface area contributed by atoms with E-state index in [1.54, 1.807) is 13.3 Å². The number of piperidine rings is 1. The number of aromatic nitrogens is 1. The Bertz CT molecular complexity index is 777. The van der Waals surface area contributed by atoms with Crippen molar-refractivity contribution in [2.24, 2.45) is 5.92 Å². The van der Waals surface area contributed by atoms with Crippen molar-refractivity contribution in [2.45, 2.75) is 18.9 Å². The first kappa shape index (κ1) is 17.3. The Morgan fingerprint density at radius 1 is 1.28 bits per heavy atom. The summed E-state index contributed by atoms with van der Waals surface area (Å²) >= 11 is 0. The van der Waals surface area contributed by atoms with Crippen LogP contribution in [0, 0.1) is 5.92 Å². The number of nitrogens with zero attached hydrogens (tertiary/aromatic N) is 1. The lowest BCUT2D eigenvalue weighted by molar-refractivity contribution is -0.148. The number of esters is 1. The van der Waals surface area contributed by atoms with Crippen LogP contribution in [0.1, 0.15) is 24.4 Å². The molecule has 2 N–H and O–H groups in total. The lowest BCUT2D eigenvalue weighted by atomic mass is 9.94. The molecule has 0 aliphatic carbocycles. The molecule has 2 heterocycles. The van der Waals surface area contributed by atoms with Crippen molar-refractivity contribution in [2.75, 3.05) is 27.3 Å². The molecule has 2 aromatic rings. The number of carboxylic acids is 1. The van der Waals surface area contributed by atoms with Gasteiger partial charge in [0.1, 0.15) is 11.8 Å². The van der Waals surface area contributed by atoms with Gasteiger partial charge in [0.25, 0.3) is 0 Å². The largest absolute Gasteiger partial charge is 0.497 e. The smallest absolute Gasteiger partial charge is 0.325 e. The summed E-state index contributed by atoms with van der Waals surface area (Å²) in [5.74, 6) is -0.593. The number of aromatic amines is 1. The quantitative estimate of drug-likeness (QED) is 0.807. The van der Waals surface area contributed by atoms with Gasteiger partial charge in [-0.05, 0) is 31.0 Å². The molecule has 7 nitrogen and oxygen atoms in total. The lowest BCUT2D eigenvalue weighted by Crippen LogP contribution is -2.41. The average molecular weight is 346 g/mol. The molecule has 1 unspecified atom stereocenters. The van der Waals surface area contributed by atoms with Gasteiger partial charge >= 0.3 is 11.9 Å². The molecule has 0 saturated carbocycles. The molecule has 1 atom stereocenters. The Morgan fingerprint density at radius 2 is 2.00 bits per heavy atom. The van der Waals surface area contributed by atoms with E-state index in [2.05, 4.69) is 4.98 Å². The van der Waals surface area contributed by atoms with Gasteiger partial charge < -0.3 is 19.6 Å². The Labute approximate surface area is 145 Å². The molecule has 1 aromatic carbocycles. The van der Waals surface area contributed by atoms with Crippen LogP contribution in [-0.4, -0.2) is 54.2 Å². The molecule has 1 fully saturated rings. The molecule has 1 aliphatic rings. The Kier molecular flexibility index (Phi) is 4.94. The fourth-order valence-corrected chi connectivity index (χ4v) is 3.52. The summed E-state index contributed by atoms with van der Waals surface area (Å²) in [7, 11) is 2.97. The first-order chi connectivity index (χ1) is 12.0. The van der Waals surface area contributed by atoms with E-state index in [1.165, 1.54) is 7.11 Å². The number of benzene rings is 1. The van der Waals surface area contributed by atoms with Crippen molar-refractivity contribution < 1.29 is 24.2 Å². The van der Waals surface area contributed by atoms with Crippen molar-refractivity contribution in [1.29, 1.82) is 0 Å². The molecule has 3 rings (SSSR count). The summed E-state index contributed by atoms with van der Waals surface area (Å²) in [6, 6.07) is 4.79. The number of carbonyl (C=O) groups excluding carboxylic acids is 1. The van der Waals surface area contributed by atoms with Crippen molar-refractivity contribution in [3.8, 4) is 5.75 Å². The number of ether oxygens (including phenoxy) is 2. The Balaban J connectivity index is 1.88. The normalized spacial score (nSPS) is 17.4. The molecule has 0 amide bonds. The first-order valence-electron chi connectivity index (χ1n) is 8.25. The fourth-order valence-electron chi connectivity index (χ4n) is 3.52. The molecule has 25 heavy (non-hydrogen) atoms. The number of likely N-dealkylation sites (tertiary alicyclic amines) is 1. The summed E-state index contributed by atoms with van der Waals surface area (Å²) in [6.07, 6.45) is 2.94. The zero-order valence-electron chi connectivity index (χ0n) is 14.3. The summed E-state index contributed by atoms with van der Waals surface area (Å²) in [4.78, 5) is 28.7. The summed E-state index contributed by atoms with van der Waals surface area (Å²) in [5, 5.41) is 10.7. The minimum atomic E-state index is -0.903. The molecular formula is C18H22N2O5. The average Bonchev–Trinajstić information content (AvgIpc) is 3.04. The van der Waals surface area contributed by atoms with E-state index in [1.807, 2.05) is 23.1 Å². The van der Waals surface area contributed by atoms with Crippen LogP contribution in [0.4, 0.5) is 0 Å². The highest BCUT2D eigenvalue weighted by Crippen LogP contribution is 2.33. The number of nitrogens with one attached hydrogen (secondary N) is 1. The van der Waals surface area contributed by atoms with Crippen LogP contribution in [0.2, 0.25) is 0 Å². The summed E-state index contributed by atoms with van der Waals surface area (Å²) in [5.41, 5.74) is 1.57. The van der Waals surface area contributed by atoms with Gasteiger partial charge in [-0.15, -0.1) is 0 Å². The van der Waals surface area contributed by atoms with Gasteiger partial charge in [-0.3, -0.25) is 14.5 Å². The molecule has 0 radical (unpaired) electrons. The van der Waals surface area contributed by atoms with Crippen LogP contribution < -0.4 is 4.74 Å². The number of hydrogen-bond acceptors (Lipinski definition) is 5. The summed E-state index contributed by atoms with van der Waals surface area (Å²) in [6.45, 7) is 1.07. The van der Waals surface area contributed by atoms with E-state index in [9.17, 15) is 14.7 Å². The van der Waals surface area contributed by atoms with Gasteiger partial charge in [0.15, 0.2) is 0 Å². The van der Waals surface area contributed by atoms with Crippen LogP contribution in [0.15, 0.2) is 24.4 Å². The Morgan fingerprint density at radius 3 is 2.60 bits per heavy atom. The standard InChI is InChI=1S/C18H22N2O5/c1-24-12-3-4-15-13(9-12)14(10-19-15)16(17(21)22)20-7-5-11(6-8-20)18(23)25-2/h3-4,9-11,16,19H,5-8H2,1-2H3,(H,21,22). The van der Waals surface area contributed by atoms with Crippen molar-refractivity contribution in [3.05, 3.63) is 30.0 Å². The third-order valence-electron chi connectivity index (χ3n) is 4.88. The number of hydrogen-bond donors (Lipinski definition) is 2. The SMILES string of the molecule is COC(=O)C1CCN(C(C(=O)O)c2c[nH]c3ccc(OC)cc23)CC1. The van der Waals surface area contributed by atoms with Crippen LogP contribution in [-0.2, 0) is 14.3 Å². The first-order valence-corrected chi connectivity index (χ1v) is 8.25. The molecule has 1 saturated heterocycles. The van der Waals surface area contributed by atoms with Gasteiger partial charge in [-0.1, -0.05) is 0 Å². The zero-order valence-corrected chi connectivity index (χ0v) is 14.3. The second-order valence-electron chi connectivity index (χ2n) is 6.23. The van der Waals surface area contributed by atoms with Crippen LogP contribution in [0.25, 0.3) is 10.9 Å². The number of methoxy groups -OCH3 is 2. The van der Waals surface area contributed by atoms with E-state index < -0.39 is 12.0 Å².